The number of amides is 1. The second kappa shape index (κ2) is 8.51. The summed E-state index contributed by atoms with van der Waals surface area (Å²) in [5.74, 6) is -0.828. The maximum Gasteiger partial charge on any atom is 0.350 e. The molecule has 1 aromatic carbocycles. The molecule has 0 spiro atoms. The fourth-order valence-corrected chi connectivity index (χ4v) is 2.86. The normalized spacial score (nSPS) is 12.1. The van der Waals surface area contributed by atoms with E-state index in [-0.39, 0.29) is 19.1 Å². The number of nitrogens with zero attached hydrogens (tertiary/aromatic N) is 3. The van der Waals surface area contributed by atoms with Crippen LogP contribution in [0.3, 0.4) is 0 Å². The van der Waals surface area contributed by atoms with Gasteiger partial charge in [-0.1, -0.05) is 36.4 Å². The van der Waals surface area contributed by atoms with Crippen LogP contribution in [0.15, 0.2) is 59.5 Å². The average molecular weight is 382 g/mol. The van der Waals surface area contributed by atoms with Crippen molar-refractivity contribution >= 4 is 17.5 Å². The van der Waals surface area contributed by atoms with Gasteiger partial charge >= 0.3 is 11.7 Å². The molecule has 8 nitrogen and oxygen atoms in total. The molecule has 0 fully saturated rings. The number of pyridine rings is 1. The first-order valence-electron chi connectivity index (χ1n) is 9.02. The SMILES string of the molecule is CC(C)OC(=O)CC(NC(=O)Cn1nc2ccccn2c1=O)c1ccccc1. The van der Waals surface area contributed by atoms with Crippen LogP contribution in [0.25, 0.3) is 5.65 Å². The van der Waals surface area contributed by atoms with Gasteiger partial charge in [0, 0.05) is 6.20 Å². The molecule has 28 heavy (non-hydrogen) atoms. The van der Waals surface area contributed by atoms with Crippen LogP contribution in [-0.4, -0.2) is 32.2 Å². The highest BCUT2D eigenvalue weighted by atomic mass is 16.5. The molecule has 8 heteroatoms. The van der Waals surface area contributed by atoms with Crippen molar-refractivity contribution in [2.24, 2.45) is 0 Å². The Bertz CT molecular complexity index is 1020. The van der Waals surface area contributed by atoms with Crippen LogP contribution in [0.1, 0.15) is 31.9 Å². The van der Waals surface area contributed by atoms with E-state index in [9.17, 15) is 14.4 Å². The van der Waals surface area contributed by atoms with Gasteiger partial charge in [-0.2, -0.15) is 0 Å². The molecule has 1 unspecified atom stereocenters. The van der Waals surface area contributed by atoms with Gasteiger partial charge in [-0.05, 0) is 31.5 Å². The molecule has 0 aliphatic carbocycles. The van der Waals surface area contributed by atoms with Gasteiger partial charge in [-0.15, -0.1) is 5.10 Å². The number of esters is 1. The second-order valence-corrected chi connectivity index (χ2v) is 6.64. The Morgan fingerprint density at radius 1 is 1.11 bits per heavy atom. The largest absolute Gasteiger partial charge is 0.463 e. The fourth-order valence-electron chi connectivity index (χ4n) is 2.86. The Balaban J connectivity index is 1.75. The van der Waals surface area contributed by atoms with Crippen LogP contribution in [0.4, 0.5) is 0 Å². The molecule has 1 amide bonds. The van der Waals surface area contributed by atoms with E-state index in [1.807, 2.05) is 30.3 Å². The number of ether oxygens (including phenoxy) is 1. The molecule has 2 aromatic heterocycles. The molecule has 0 aliphatic heterocycles. The minimum Gasteiger partial charge on any atom is -0.463 e. The zero-order valence-corrected chi connectivity index (χ0v) is 15.7. The van der Waals surface area contributed by atoms with Crippen molar-refractivity contribution in [1.29, 1.82) is 0 Å². The Hall–Kier alpha value is -3.42. The third-order valence-electron chi connectivity index (χ3n) is 4.06. The lowest BCUT2D eigenvalue weighted by atomic mass is 10.0. The molecular formula is C20H22N4O4. The van der Waals surface area contributed by atoms with Gasteiger partial charge < -0.3 is 10.1 Å². The lowest BCUT2D eigenvalue weighted by Gasteiger charge is -2.19. The van der Waals surface area contributed by atoms with Gasteiger partial charge in [0.15, 0.2) is 5.65 Å². The molecule has 146 valence electrons. The molecule has 1 N–H and O–H groups in total. The minimum atomic E-state index is -0.562. The van der Waals surface area contributed by atoms with Crippen molar-refractivity contribution < 1.29 is 14.3 Å². The summed E-state index contributed by atoms with van der Waals surface area (Å²) in [4.78, 5) is 37.0. The summed E-state index contributed by atoms with van der Waals surface area (Å²) < 4.78 is 7.66. The fraction of sp³-hybridized carbons (Fsp3) is 0.300. The van der Waals surface area contributed by atoms with Crippen LogP contribution >= 0.6 is 0 Å². The number of fused-ring (bicyclic) bond motifs is 1. The Kier molecular flexibility index (Phi) is 5.88. The first-order valence-corrected chi connectivity index (χ1v) is 9.02. The molecule has 3 rings (SSSR count). The standard InChI is InChI=1S/C20H22N4O4/c1-14(2)28-19(26)12-16(15-8-4-3-5-9-15)21-18(25)13-24-20(27)23-11-7-6-10-17(23)22-24/h3-11,14,16H,12-13H2,1-2H3,(H,21,25). The number of hydrogen-bond acceptors (Lipinski definition) is 5. The number of benzene rings is 1. The number of nitrogens with one attached hydrogen (secondary N) is 1. The Morgan fingerprint density at radius 2 is 1.82 bits per heavy atom. The smallest absolute Gasteiger partial charge is 0.350 e. The second-order valence-electron chi connectivity index (χ2n) is 6.64. The van der Waals surface area contributed by atoms with E-state index in [0.717, 1.165) is 10.2 Å². The van der Waals surface area contributed by atoms with Gasteiger partial charge in [0.2, 0.25) is 5.91 Å². The number of rotatable bonds is 7. The van der Waals surface area contributed by atoms with Crippen molar-refractivity contribution in [3.8, 4) is 0 Å². The number of carbonyl (C=O) groups is 2. The molecule has 1 atom stereocenters. The van der Waals surface area contributed by atoms with Gasteiger partial charge in [-0.3, -0.25) is 14.0 Å². The lowest BCUT2D eigenvalue weighted by Crippen LogP contribution is -2.36. The van der Waals surface area contributed by atoms with Crippen LogP contribution in [-0.2, 0) is 20.9 Å². The number of carbonyl (C=O) groups excluding carboxylic acids is 2. The van der Waals surface area contributed by atoms with Crippen molar-refractivity contribution in [3.05, 3.63) is 70.8 Å². The summed E-state index contributed by atoms with van der Waals surface area (Å²) in [6, 6.07) is 13.8. The molecule has 0 saturated heterocycles. The summed E-state index contributed by atoms with van der Waals surface area (Å²) in [6.07, 6.45) is 1.35. The van der Waals surface area contributed by atoms with Crippen molar-refractivity contribution in [2.75, 3.05) is 0 Å². The van der Waals surface area contributed by atoms with E-state index in [2.05, 4.69) is 10.4 Å². The molecule has 0 saturated carbocycles. The highest BCUT2D eigenvalue weighted by Gasteiger charge is 2.21. The third kappa shape index (κ3) is 4.64. The highest BCUT2D eigenvalue weighted by molar-refractivity contribution is 5.78. The molecule has 0 aliphatic rings. The van der Waals surface area contributed by atoms with Gasteiger partial charge in [0.05, 0.1) is 18.6 Å². The van der Waals surface area contributed by atoms with Crippen LogP contribution in [0.5, 0.6) is 0 Å². The maximum absolute atomic E-state index is 12.6. The number of hydrogen-bond donors (Lipinski definition) is 1. The first kappa shape index (κ1) is 19.3. The summed E-state index contributed by atoms with van der Waals surface area (Å²) in [6.45, 7) is 3.29. The van der Waals surface area contributed by atoms with Crippen molar-refractivity contribution in [1.82, 2.24) is 19.5 Å². The maximum atomic E-state index is 12.6. The van der Waals surface area contributed by atoms with Crippen LogP contribution in [0, 0.1) is 0 Å². The Morgan fingerprint density at radius 3 is 2.50 bits per heavy atom. The predicted octanol–water partition coefficient (Wildman–Crippen LogP) is 1.70. The molecule has 2 heterocycles. The lowest BCUT2D eigenvalue weighted by molar-refractivity contribution is -0.148. The average Bonchev–Trinajstić information content (AvgIpc) is 2.97. The minimum absolute atomic E-state index is 0.00595. The summed E-state index contributed by atoms with van der Waals surface area (Å²) in [5.41, 5.74) is 0.834. The molecule has 3 aromatic rings. The van der Waals surface area contributed by atoms with E-state index in [1.54, 1.807) is 38.2 Å². The first-order chi connectivity index (χ1) is 13.4. The van der Waals surface area contributed by atoms with Gasteiger partial charge in [0.1, 0.15) is 6.54 Å². The monoisotopic (exact) mass is 382 g/mol. The molecule has 0 radical (unpaired) electrons. The van der Waals surface area contributed by atoms with E-state index in [4.69, 9.17) is 4.74 Å². The van der Waals surface area contributed by atoms with Crippen molar-refractivity contribution in [2.45, 2.75) is 39.0 Å². The van der Waals surface area contributed by atoms with E-state index in [0.29, 0.717) is 5.65 Å². The molecule has 0 bridgehead atoms. The highest BCUT2D eigenvalue weighted by Crippen LogP contribution is 2.17. The summed E-state index contributed by atoms with van der Waals surface area (Å²) in [5, 5.41) is 6.96. The number of aromatic nitrogens is 3. The third-order valence-corrected chi connectivity index (χ3v) is 4.06. The van der Waals surface area contributed by atoms with E-state index >= 15 is 0 Å². The topological polar surface area (TPSA) is 94.7 Å². The zero-order chi connectivity index (χ0) is 20.1. The van der Waals surface area contributed by atoms with Crippen molar-refractivity contribution in [3.63, 3.8) is 0 Å². The predicted molar refractivity (Wildman–Crippen MR) is 103 cm³/mol. The van der Waals surface area contributed by atoms with Gasteiger partial charge in [-0.25, -0.2) is 9.48 Å². The van der Waals surface area contributed by atoms with Crippen LogP contribution in [0.2, 0.25) is 0 Å². The van der Waals surface area contributed by atoms with E-state index < -0.39 is 23.6 Å². The zero-order valence-electron chi connectivity index (χ0n) is 15.7. The van der Waals surface area contributed by atoms with Crippen LogP contribution < -0.4 is 11.0 Å². The van der Waals surface area contributed by atoms with E-state index in [1.165, 1.54) is 4.40 Å². The van der Waals surface area contributed by atoms with Gasteiger partial charge in [0.25, 0.3) is 0 Å². The summed E-state index contributed by atoms with van der Waals surface area (Å²) >= 11 is 0. The Labute approximate surface area is 161 Å². The quantitative estimate of drug-likeness (QED) is 0.628. The summed E-state index contributed by atoms with van der Waals surface area (Å²) in [7, 11) is 0. The molecular weight excluding hydrogens is 360 g/mol.